The number of benzene rings is 2. The molecule has 0 spiro atoms. The number of carbonyl (C=O) groups is 2. The first-order valence-corrected chi connectivity index (χ1v) is 9.31. The largest absolute Gasteiger partial charge is 0.355 e. The van der Waals surface area contributed by atoms with Crippen molar-refractivity contribution >= 4 is 21.8 Å². The molecule has 2 aromatic carbocycles. The van der Waals surface area contributed by atoms with Gasteiger partial charge in [-0.05, 0) is 42.0 Å². The molecule has 2 amide bonds. The van der Waals surface area contributed by atoms with Crippen molar-refractivity contribution in [2.75, 3.05) is 21.1 Å². The summed E-state index contributed by atoms with van der Waals surface area (Å²) in [6.45, 7) is 0.251. The molecule has 2 rings (SSSR count). The zero-order valence-electron chi connectivity index (χ0n) is 14.8. The molecule has 0 saturated carbocycles. The van der Waals surface area contributed by atoms with Crippen LogP contribution >= 0.6 is 0 Å². The summed E-state index contributed by atoms with van der Waals surface area (Å²) < 4.78 is 25.2. The maximum atomic E-state index is 12.2. The van der Waals surface area contributed by atoms with Crippen LogP contribution in [0.15, 0.2) is 53.4 Å². The number of carbonyl (C=O) groups excluding carboxylic acids is 2. The van der Waals surface area contributed by atoms with E-state index in [0.717, 1.165) is 9.87 Å². The van der Waals surface area contributed by atoms with Crippen molar-refractivity contribution in [3.05, 3.63) is 65.2 Å². The Hall–Kier alpha value is -2.71. The molecular weight excluding hydrogens is 354 g/mol. The summed E-state index contributed by atoms with van der Waals surface area (Å²) in [5.41, 5.74) is 1.65. The lowest BCUT2D eigenvalue weighted by Crippen LogP contribution is -2.24. The second-order valence-electron chi connectivity index (χ2n) is 5.77. The summed E-state index contributed by atoms with van der Waals surface area (Å²) in [7, 11) is 0.921. The molecule has 0 bridgehead atoms. The zero-order chi connectivity index (χ0) is 19.3. The molecular formula is C18H21N3O4S. The molecule has 7 nitrogen and oxygen atoms in total. The van der Waals surface area contributed by atoms with Gasteiger partial charge in [0.2, 0.25) is 10.0 Å². The molecule has 0 aliphatic heterocycles. The van der Waals surface area contributed by atoms with Crippen molar-refractivity contribution in [2.45, 2.75) is 11.4 Å². The van der Waals surface area contributed by atoms with Gasteiger partial charge in [-0.15, -0.1) is 0 Å². The molecule has 26 heavy (non-hydrogen) atoms. The standard InChI is InChI=1S/C18H21N3O4S/c1-19-17(22)15-6-4-5-13(11-15)12-20-18(23)14-7-9-16(10-8-14)26(24,25)21(2)3/h4-11H,12H2,1-3H3,(H,19,22)(H,20,23). The minimum absolute atomic E-state index is 0.123. The summed E-state index contributed by atoms with van der Waals surface area (Å²) in [4.78, 5) is 24.0. The van der Waals surface area contributed by atoms with E-state index in [1.165, 1.54) is 38.4 Å². The highest BCUT2D eigenvalue weighted by Gasteiger charge is 2.17. The van der Waals surface area contributed by atoms with E-state index in [-0.39, 0.29) is 23.3 Å². The first-order chi connectivity index (χ1) is 12.3. The lowest BCUT2D eigenvalue weighted by Gasteiger charge is -2.12. The van der Waals surface area contributed by atoms with Crippen molar-refractivity contribution in [1.29, 1.82) is 0 Å². The molecule has 0 saturated heterocycles. The molecule has 8 heteroatoms. The van der Waals surface area contributed by atoms with Crippen LogP contribution in [0.5, 0.6) is 0 Å². The second-order valence-corrected chi connectivity index (χ2v) is 7.93. The molecule has 0 radical (unpaired) electrons. The quantitative estimate of drug-likeness (QED) is 0.794. The van der Waals surface area contributed by atoms with Crippen LogP contribution in [-0.2, 0) is 16.6 Å². The van der Waals surface area contributed by atoms with Gasteiger partial charge in [0.05, 0.1) is 4.90 Å². The molecule has 0 fully saturated rings. The number of nitrogens with zero attached hydrogens (tertiary/aromatic N) is 1. The Morgan fingerprint density at radius 3 is 2.19 bits per heavy atom. The average Bonchev–Trinajstić information content (AvgIpc) is 2.65. The van der Waals surface area contributed by atoms with E-state index in [9.17, 15) is 18.0 Å². The van der Waals surface area contributed by atoms with Crippen molar-refractivity contribution in [3.63, 3.8) is 0 Å². The molecule has 0 aliphatic carbocycles. The van der Waals surface area contributed by atoms with Crippen molar-refractivity contribution < 1.29 is 18.0 Å². The van der Waals surface area contributed by atoms with Crippen LogP contribution in [0.1, 0.15) is 26.3 Å². The average molecular weight is 375 g/mol. The number of rotatable bonds is 6. The SMILES string of the molecule is CNC(=O)c1cccc(CNC(=O)c2ccc(S(=O)(=O)N(C)C)cc2)c1. The fourth-order valence-electron chi connectivity index (χ4n) is 2.24. The Morgan fingerprint density at radius 2 is 1.62 bits per heavy atom. The minimum atomic E-state index is -3.53. The van der Waals surface area contributed by atoms with E-state index in [1.54, 1.807) is 31.3 Å². The van der Waals surface area contributed by atoms with E-state index in [0.29, 0.717) is 11.1 Å². The van der Waals surface area contributed by atoms with Gasteiger partial charge < -0.3 is 10.6 Å². The highest BCUT2D eigenvalue weighted by atomic mass is 32.2. The third-order valence-corrected chi connectivity index (χ3v) is 5.59. The van der Waals surface area contributed by atoms with E-state index in [4.69, 9.17) is 0 Å². The topological polar surface area (TPSA) is 95.6 Å². The number of hydrogen-bond acceptors (Lipinski definition) is 4. The Labute approximate surface area is 153 Å². The lowest BCUT2D eigenvalue weighted by molar-refractivity contribution is 0.0948. The highest BCUT2D eigenvalue weighted by molar-refractivity contribution is 7.89. The van der Waals surface area contributed by atoms with Gasteiger partial charge in [-0.2, -0.15) is 0 Å². The summed E-state index contributed by atoms with van der Waals surface area (Å²) in [5.74, 6) is -0.528. The maximum Gasteiger partial charge on any atom is 0.251 e. The number of hydrogen-bond donors (Lipinski definition) is 2. The van der Waals surface area contributed by atoms with Crippen LogP contribution in [0.4, 0.5) is 0 Å². The third-order valence-electron chi connectivity index (χ3n) is 3.76. The lowest BCUT2D eigenvalue weighted by atomic mass is 10.1. The van der Waals surface area contributed by atoms with Gasteiger partial charge >= 0.3 is 0 Å². The van der Waals surface area contributed by atoms with Crippen LogP contribution in [-0.4, -0.2) is 45.7 Å². The fraction of sp³-hybridized carbons (Fsp3) is 0.222. The Bertz CT molecular complexity index is 906. The first-order valence-electron chi connectivity index (χ1n) is 7.87. The van der Waals surface area contributed by atoms with Gasteiger partial charge in [-0.3, -0.25) is 9.59 Å². The van der Waals surface area contributed by atoms with Gasteiger partial charge in [0.15, 0.2) is 0 Å². The van der Waals surface area contributed by atoms with Gasteiger partial charge in [0.25, 0.3) is 11.8 Å². The van der Waals surface area contributed by atoms with Crippen molar-refractivity contribution in [3.8, 4) is 0 Å². The summed E-state index contributed by atoms with van der Waals surface area (Å²) in [6.07, 6.45) is 0. The molecule has 0 aliphatic rings. The predicted octanol–water partition coefficient (Wildman–Crippen LogP) is 1.23. The Kier molecular flexibility index (Phi) is 6.12. The number of sulfonamides is 1. The second kappa shape index (κ2) is 8.11. The van der Waals surface area contributed by atoms with Crippen LogP contribution in [0.2, 0.25) is 0 Å². The van der Waals surface area contributed by atoms with E-state index in [2.05, 4.69) is 10.6 Å². The van der Waals surface area contributed by atoms with E-state index in [1.807, 2.05) is 0 Å². The summed E-state index contributed by atoms with van der Waals surface area (Å²) in [5, 5.41) is 5.30. The molecule has 0 unspecified atom stereocenters. The summed E-state index contributed by atoms with van der Waals surface area (Å²) >= 11 is 0. The number of nitrogens with one attached hydrogen (secondary N) is 2. The van der Waals surface area contributed by atoms with Gasteiger partial charge in [0.1, 0.15) is 0 Å². The smallest absolute Gasteiger partial charge is 0.251 e. The predicted molar refractivity (Wildman–Crippen MR) is 98.3 cm³/mol. The van der Waals surface area contributed by atoms with Gasteiger partial charge in [-0.25, -0.2) is 12.7 Å². The van der Waals surface area contributed by atoms with Crippen LogP contribution in [0.3, 0.4) is 0 Å². The minimum Gasteiger partial charge on any atom is -0.355 e. The van der Waals surface area contributed by atoms with E-state index >= 15 is 0 Å². The number of amides is 2. The molecule has 2 aromatic rings. The van der Waals surface area contributed by atoms with Gasteiger partial charge in [-0.1, -0.05) is 12.1 Å². The van der Waals surface area contributed by atoms with Crippen LogP contribution < -0.4 is 10.6 Å². The van der Waals surface area contributed by atoms with E-state index < -0.39 is 10.0 Å². The monoisotopic (exact) mass is 375 g/mol. The Balaban J connectivity index is 2.06. The molecule has 0 heterocycles. The van der Waals surface area contributed by atoms with Crippen LogP contribution in [0, 0.1) is 0 Å². The molecule has 0 atom stereocenters. The van der Waals surface area contributed by atoms with Crippen LogP contribution in [0.25, 0.3) is 0 Å². The normalized spacial score (nSPS) is 11.2. The Morgan fingerprint density at radius 1 is 0.962 bits per heavy atom. The van der Waals surface area contributed by atoms with Crippen molar-refractivity contribution in [2.24, 2.45) is 0 Å². The molecule has 0 aromatic heterocycles. The zero-order valence-corrected chi connectivity index (χ0v) is 15.6. The molecule has 2 N–H and O–H groups in total. The fourth-order valence-corrected chi connectivity index (χ4v) is 3.14. The molecule has 138 valence electrons. The summed E-state index contributed by atoms with van der Waals surface area (Å²) in [6, 6.07) is 12.7. The van der Waals surface area contributed by atoms with Crippen molar-refractivity contribution in [1.82, 2.24) is 14.9 Å². The first kappa shape index (κ1) is 19.6. The van der Waals surface area contributed by atoms with Gasteiger partial charge in [0, 0.05) is 38.8 Å². The maximum absolute atomic E-state index is 12.2. The highest BCUT2D eigenvalue weighted by Crippen LogP contribution is 2.14. The third kappa shape index (κ3) is 4.47.